The van der Waals surface area contributed by atoms with E-state index in [0.29, 0.717) is 18.7 Å². The van der Waals surface area contributed by atoms with Crippen molar-refractivity contribution in [3.8, 4) is 5.75 Å². The standard InChI is InChI=1S/C18H21NO3/c1-13-8-9-15(12-14(13)2)22-11-10-19-17-7-5-4-6-16(17)18(20)21-3/h4-9,12,19H,10-11H2,1-3H3. The van der Waals surface area contributed by atoms with Gasteiger partial charge in [-0.05, 0) is 49.2 Å². The quantitative estimate of drug-likeness (QED) is 0.654. The molecule has 0 heterocycles. The number of ether oxygens (including phenoxy) is 2. The molecule has 4 heteroatoms. The van der Waals surface area contributed by atoms with E-state index >= 15 is 0 Å². The smallest absolute Gasteiger partial charge is 0.339 e. The lowest BCUT2D eigenvalue weighted by Crippen LogP contribution is -2.14. The summed E-state index contributed by atoms with van der Waals surface area (Å²) in [5.41, 5.74) is 3.73. The van der Waals surface area contributed by atoms with Gasteiger partial charge < -0.3 is 14.8 Å². The van der Waals surface area contributed by atoms with Crippen molar-refractivity contribution in [3.05, 3.63) is 59.2 Å². The monoisotopic (exact) mass is 299 g/mol. The first kappa shape index (κ1) is 15.9. The number of para-hydroxylation sites is 1. The Bertz CT molecular complexity index is 653. The summed E-state index contributed by atoms with van der Waals surface area (Å²) in [5, 5.41) is 3.20. The molecule has 2 aromatic carbocycles. The average Bonchev–Trinajstić information content (AvgIpc) is 2.54. The van der Waals surface area contributed by atoms with Crippen LogP contribution in [-0.2, 0) is 4.74 Å². The number of hydrogen-bond acceptors (Lipinski definition) is 4. The van der Waals surface area contributed by atoms with E-state index in [9.17, 15) is 4.79 Å². The molecule has 2 rings (SSSR count). The normalized spacial score (nSPS) is 10.1. The molecule has 2 aromatic rings. The number of anilines is 1. The molecular formula is C18H21NO3. The van der Waals surface area contributed by atoms with E-state index in [1.165, 1.54) is 18.2 Å². The lowest BCUT2D eigenvalue weighted by molar-refractivity contribution is 0.0602. The molecule has 4 nitrogen and oxygen atoms in total. The van der Waals surface area contributed by atoms with Crippen molar-refractivity contribution in [2.24, 2.45) is 0 Å². The summed E-state index contributed by atoms with van der Waals surface area (Å²) in [6, 6.07) is 13.3. The van der Waals surface area contributed by atoms with Crippen LogP contribution in [0.15, 0.2) is 42.5 Å². The van der Waals surface area contributed by atoms with Crippen molar-refractivity contribution in [3.63, 3.8) is 0 Å². The summed E-state index contributed by atoms with van der Waals surface area (Å²) in [7, 11) is 1.38. The molecule has 116 valence electrons. The van der Waals surface area contributed by atoms with Crippen LogP contribution in [0.25, 0.3) is 0 Å². The minimum atomic E-state index is -0.349. The minimum absolute atomic E-state index is 0.349. The van der Waals surface area contributed by atoms with E-state index in [4.69, 9.17) is 9.47 Å². The average molecular weight is 299 g/mol. The highest BCUT2D eigenvalue weighted by molar-refractivity contribution is 5.95. The maximum absolute atomic E-state index is 11.7. The van der Waals surface area contributed by atoms with Gasteiger partial charge in [-0.2, -0.15) is 0 Å². The first-order valence-electron chi connectivity index (χ1n) is 7.23. The van der Waals surface area contributed by atoms with E-state index in [2.05, 4.69) is 19.2 Å². The number of hydrogen-bond donors (Lipinski definition) is 1. The van der Waals surface area contributed by atoms with Gasteiger partial charge in [0, 0.05) is 12.2 Å². The topological polar surface area (TPSA) is 47.6 Å². The van der Waals surface area contributed by atoms with Gasteiger partial charge in [0.15, 0.2) is 0 Å². The third-order valence-corrected chi connectivity index (χ3v) is 3.50. The van der Waals surface area contributed by atoms with Crippen molar-refractivity contribution >= 4 is 11.7 Å². The first-order valence-corrected chi connectivity index (χ1v) is 7.23. The Kier molecular flexibility index (Phi) is 5.42. The number of methoxy groups -OCH3 is 1. The molecule has 0 saturated heterocycles. The van der Waals surface area contributed by atoms with Crippen LogP contribution in [0.1, 0.15) is 21.5 Å². The maximum Gasteiger partial charge on any atom is 0.339 e. The minimum Gasteiger partial charge on any atom is -0.492 e. The Morgan fingerprint density at radius 3 is 2.59 bits per heavy atom. The number of benzene rings is 2. The Labute approximate surface area is 131 Å². The summed E-state index contributed by atoms with van der Waals surface area (Å²) in [4.78, 5) is 11.7. The molecule has 0 saturated carbocycles. The summed E-state index contributed by atoms with van der Waals surface area (Å²) < 4.78 is 10.5. The van der Waals surface area contributed by atoms with Crippen LogP contribution in [-0.4, -0.2) is 26.2 Å². The molecule has 22 heavy (non-hydrogen) atoms. The highest BCUT2D eigenvalue weighted by Crippen LogP contribution is 2.17. The van der Waals surface area contributed by atoms with Gasteiger partial charge in [0.2, 0.25) is 0 Å². The van der Waals surface area contributed by atoms with Crippen LogP contribution in [0, 0.1) is 13.8 Å². The maximum atomic E-state index is 11.7. The second kappa shape index (κ2) is 7.50. The van der Waals surface area contributed by atoms with Gasteiger partial charge in [0.25, 0.3) is 0 Å². The molecule has 0 spiro atoms. The molecule has 0 radical (unpaired) electrons. The summed E-state index contributed by atoms with van der Waals surface area (Å²) in [5.74, 6) is 0.504. The molecule has 0 unspecified atom stereocenters. The lowest BCUT2D eigenvalue weighted by Gasteiger charge is -2.12. The van der Waals surface area contributed by atoms with E-state index in [0.717, 1.165) is 11.4 Å². The largest absolute Gasteiger partial charge is 0.492 e. The third-order valence-electron chi connectivity index (χ3n) is 3.50. The number of nitrogens with one attached hydrogen (secondary N) is 1. The summed E-state index contributed by atoms with van der Waals surface area (Å²) >= 11 is 0. The van der Waals surface area contributed by atoms with Crippen molar-refractivity contribution in [1.82, 2.24) is 0 Å². The third kappa shape index (κ3) is 4.01. The van der Waals surface area contributed by atoms with Crippen molar-refractivity contribution < 1.29 is 14.3 Å². The van der Waals surface area contributed by atoms with E-state index in [-0.39, 0.29) is 5.97 Å². The SMILES string of the molecule is COC(=O)c1ccccc1NCCOc1ccc(C)c(C)c1. The predicted molar refractivity (Wildman–Crippen MR) is 87.7 cm³/mol. The van der Waals surface area contributed by atoms with Crippen LogP contribution >= 0.6 is 0 Å². The highest BCUT2D eigenvalue weighted by Gasteiger charge is 2.10. The molecular weight excluding hydrogens is 278 g/mol. The van der Waals surface area contributed by atoms with Gasteiger partial charge in [0.1, 0.15) is 12.4 Å². The second-order valence-corrected chi connectivity index (χ2v) is 5.06. The summed E-state index contributed by atoms with van der Waals surface area (Å²) in [6.07, 6.45) is 0. The van der Waals surface area contributed by atoms with Gasteiger partial charge in [-0.25, -0.2) is 4.79 Å². The number of esters is 1. The molecule has 0 amide bonds. The second-order valence-electron chi connectivity index (χ2n) is 5.06. The zero-order chi connectivity index (χ0) is 15.9. The number of carbonyl (C=O) groups excluding carboxylic acids is 1. The van der Waals surface area contributed by atoms with Crippen molar-refractivity contribution in [2.45, 2.75) is 13.8 Å². The zero-order valence-corrected chi connectivity index (χ0v) is 13.2. The van der Waals surface area contributed by atoms with Gasteiger partial charge in [0.05, 0.1) is 12.7 Å². The molecule has 0 bridgehead atoms. The molecule has 0 aliphatic heterocycles. The van der Waals surface area contributed by atoms with Crippen LogP contribution < -0.4 is 10.1 Å². The van der Waals surface area contributed by atoms with E-state index in [1.807, 2.05) is 36.4 Å². The van der Waals surface area contributed by atoms with Gasteiger partial charge in [-0.15, -0.1) is 0 Å². The lowest BCUT2D eigenvalue weighted by atomic mass is 10.1. The fraction of sp³-hybridized carbons (Fsp3) is 0.278. The van der Waals surface area contributed by atoms with Gasteiger partial charge in [-0.3, -0.25) is 0 Å². The fourth-order valence-corrected chi connectivity index (χ4v) is 2.08. The van der Waals surface area contributed by atoms with Crippen LogP contribution in [0.2, 0.25) is 0 Å². The van der Waals surface area contributed by atoms with Crippen LogP contribution in [0.5, 0.6) is 5.75 Å². The van der Waals surface area contributed by atoms with Gasteiger partial charge >= 0.3 is 5.97 Å². The number of aryl methyl sites for hydroxylation is 2. The summed E-state index contributed by atoms with van der Waals surface area (Å²) in [6.45, 7) is 5.25. The Morgan fingerprint density at radius 1 is 1.09 bits per heavy atom. The van der Waals surface area contributed by atoms with Crippen LogP contribution in [0.3, 0.4) is 0 Å². The van der Waals surface area contributed by atoms with Crippen molar-refractivity contribution in [1.29, 1.82) is 0 Å². The van der Waals surface area contributed by atoms with Crippen molar-refractivity contribution in [2.75, 3.05) is 25.6 Å². The molecule has 0 atom stereocenters. The molecule has 0 aliphatic carbocycles. The zero-order valence-electron chi connectivity index (χ0n) is 13.2. The highest BCUT2D eigenvalue weighted by atomic mass is 16.5. The Balaban J connectivity index is 1.89. The molecule has 0 aliphatic rings. The number of carbonyl (C=O) groups is 1. The Morgan fingerprint density at radius 2 is 1.86 bits per heavy atom. The molecule has 1 N–H and O–H groups in total. The molecule has 0 fully saturated rings. The fourth-order valence-electron chi connectivity index (χ4n) is 2.08. The number of rotatable bonds is 6. The Hall–Kier alpha value is -2.49. The van der Waals surface area contributed by atoms with Gasteiger partial charge in [-0.1, -0.05) is 18.2 Å². The van der Waals surface area contributed by atoms with Crippen LogP contribution in [0.4, 0.5) is 5.69 Å². The first-order chi connectivity index (χ1) is 10.6. The van der Waals surface area contributed by atoms with E-state index < -0.39 is 0 Å². The predicted octanol–water partition coefficient (Wildman–Crippen LogP) is 3.58. The van der Waals surface area contributed by atoms with E-state index in [1.54, 1.807) is 6.07 Å². The molecule has 0 aromatic heterocycles.